The maximum absolute atomic E-state index is 12.2. The number of nitrogens with two attached hydrogens (primary N) is 1. The average molecular weight is 350 g/mol. The van der Waals surface area contributed by atoms with Gasteiger partial charge in [0.25, 0.3) is 0 Å². The van der Waals surface area contributed by atoms with E-state index in [0.29, 0.717) is 43.2 Å². The Bertz CT molecular complexity index is 609. The third-order valence-corrected chi connectivity index (χ3v) is 5.57. The summed E-state index contributed by atoms with van der Waals surface area (Å²) < 4.78 is 0. The standard InChI is InChI=1S/C18H24ClN3O2/c19-13-5-7-14(8-6-13)21-18(17(20)24)9-11-22(12-10-18)15-3-1-2-4-16(15)23/h5-8,15,21H,1-4,9-12H2,(H2,20,24). The molecule has 2 aliphatic rings. The van der Waals surface area contributed by atoms with Gasteiger partial charge in [-0.3, -0.25) is 14.5 Å². The maximum Gasteiger partial charge on any atom is 0.243 e. The van der Waals surface area contributed by atoms with E-state index in [1.807, 2.05) is 12.1 Å². The average Bonchev–Trinajstić information content (AvgIpc) is 2.58. The number of rotatable bonds is 4. The van der Waals surface area contributed by atoms with Gasteiger partial charge in [0.15, 0.2) is 0 Å². The minimum Gasteiger partial charge on any atom is -0.371 e. The van der Waals surface area contributed by atoms with Crippen LogP contribution in [0.1, 0.15) is 38.5 Å². The Balaban J connectivity index is 1.68. The fourth-order valence-corrected chi connectivity index (χ4v) is 3.94. The predicted octanol–water partition coefficient (Wildman–Crippen LogP) is 2.58. The molecule has 1 aromatic carbocycles. The van der Waals surface area contributed by atoms with Crippen molar-refractivity contribution in [2.24, 2.45) is 5.73 Å². The molecule has 0 spiro atoms. The molecule has 2 fully saturated rings. The highest BCUT2D eigenvalue weighted by atomic mass is 35.5. The third kappa shape index (κ3) is 3.57. The van der Waals surface area contributed by atoms with E-state index in [0.717, 1.165) is 24.9 Å². The Labute approximate surface area is 147 Å². The topological polar surface area (TPSA) is 75.4 Å². The zero-order chi connectivity index (χ0) is 17.2. The third-order valence-electron chi connectivity index (χ3n) is 5.31. The Kier molecular flexibility index (Phi) is 5.11. The van der Waals surface area contributed by atoms with Crippen molar-refractivity contribution >= 4 is 29.0 Å². The number of nitrogens with zero attached hydrogens (tertiary/aromatic N) is 1. The lowest BCUT2D eigenvalue weighted by Crippen LogP contribution is -2.59. The smallest absolute Gasteiger partial charge is 0.243 e. The summed E-state index contributed by atoms with van der Waals surface area (Å²) >= 11 is 5.91. The van der Waals surface area contributed by atoms with Gasteiger partial charge in [-0.05, 0) is 49.9 Å². The molecule has 1 aliphatic heterocycles. The van der Waals surface area contributed by atoms with Crippen LogP contribution in [-0.4, -0.2) is 41.3 Å². The van der Waals surface area contributed by atoms with Crippen LogP contribution in [0.4, 0.5) is 5.69 Å². The number of hydrogen-bond donors (Lipinski definition) is 2. The summed E-state index contributed by atoms with van der Waals surface area (Å²) in [7, 11) is 0. The van der Waals surface area contributed by atoms with E-state index < -0.39 is 5.54 Å². The highest BCUT2D eigenvalue weighted by Gasteiger charge is 2.42. The van der Waals surface area contributed by atoms with Crippen molar-refractivity contribution in [3.05, 3.63) is 29.3 Å². The molecule has 1 saturated heterocycles. The van der Waals surface area contributed by atoms with Gasteiger partial charge < -0.3 is 11.1 Å². The minimum absolute atomic E-state index is 0.0279. The summed E-state index contributed by atoms with van der Waals surface area (Å²) in [6, 6.07) is 7.30. The highest BCUT2D eigenvalue weighted by Crippen LogP contribution is 2.30. The second-order valence-electron chi connectivity index (χ2n) is 6.84. The Morgan fingerprint density at radius 3 is 2.46 bits per heavy atom. The van der Waals surface area contributed by atoms with Gasteiger partial charge in [-0.2, -0.15) is 0 Å². The molecular weight excluding hydrogens is 326 g/mol. The van der Waals surface area contributed by atoms with Crippen molar-refractivity contribution in [2.45, 2.75) is 50.1 Å². The first-order valence-electron chi connectivity index (χ1n) is 8.61. The molecule has 0 aromatic heterocycles. The monoisotopic (exact) mass is 349 g/mol. The fraction of sp³-hybridized carbons (Fsp3) is 0.556. The maximum atomic E-state index is 12.2. The lowest BCUT2D eigenvalue weighted by Gasteiger charge is -2.43. The number of piperidine rings is 1. The molecule has 0 radical (unpaired) electrons. The molecule has 6 heteroatoms. The first kappa shape index (κ1) is 17.2. The number of carbonyl (C=O) groups excluding carboxylic acids is 2. The van der Waals surface area contributed by atoms with Gasteiger partial charge >= 0.3 is 0 Å². The summed E-state index contributed by atoms with van der Waals surface area (Å²) in [5.41, 5.74) is 5.79. The molecule has 1 atom stereocenters. The van der Waals surface area contributed by atoms with E-state index in [1.54, 1.807) is 12.1 Å². The van der Waals surface area contributed by atoms with Gasteiger partial charge in [0.1, 0.15) is 11.3 Å². The fourth-order valence-electron chi connectivity index (χ4n) is 3.81. The van der Waals surface area contributed by atoms with Gasteiger partial charge in [0.2, 0.25) is 5.91 Å². The van der Waals surface area contributed by atoms with Crippen LogP contribution in [-0.2, 0) is 9.59 Å². The number of amides is 1. The van der Waals surface area contributed by atoms with Crippen molar-refractivity contribution in [3.63, 3.8) is 0 Å². The van der Waals surface area contributed by atoms with Crippen LogP contribution in [0.3, 0.4) is 0 Å². The second-order valence-corrected chi connectivity index (χ2v) is 7.28. The molecule has 1 saturated carbocycles. The SMILES string of the molecule is NC(=O)C1(Nc2ccc(Cl)cc2)CCN(C2CCCCC2=O)CC1. The number of anilines is 1. The lowest BCUT2D eigenvalue weighted by molar-refractivity contribution is -0.128. The summed E-state index contributed by atoms with van der Waals surface area (Å²) in [5, 5.41) is 3.96. The van der Waals surface area contributed by atoms with Crippen LogP contribution in [0.5, 0.6) is 0 Å². The molecule has 1 heterocycles. The number of nitrogens with one attached hydrogen (secondary N) is 1. The Hall–Kier alpha value is -1.59. The van der Waals surface area contributed by atoms with Gasteiger partial charge in [0.05, 0.1) is 6.04 Å². The van der Waals surface area contributed by atoms with Gasteiger partial charge in [-0.15, -0.1) is 0 Å². The van der Waals surface area contributed by atoms with Crippen LogP contribution in [0.2, 0.25) is 5.02 Å². The summed E-state index contributed by atoms with van der Waals surface area (Å²) in [6.45, 7) is 1.42. The van der Waals surface area contributed by atoms with Crippen molar-refractivity contribution < 1.29 is 9.59 Å². The quantitative estimate of drug-likeness (QED) is 0.876. The van der Waals surface area contributed by atoms with Crippen LogP contribution < -0.4 is 11.1 Å². The molecule has 130 valence electrons. The lowest BCUT2D eigenvalue weighted by atomic mass is 9.84. The molecule has 3 rings (SSSR count). The van der Waals surface area contributed by atoms with Crippen molar-refractivity contribution in [2.75, 3.05) is 18.4 Å². The zero-order valence-corrected chi connectivity index (χ0v) is 14.5. The number of likely N-dealkylation sites (tertiary alicyclic amines) is 1. The number of benzene rings is 1. The molecule has 1 aromatic rings. The van der Waals surface area contributed by atoms with E-state index in [4.69, 9.17) is 17.3 Å². The summed E-state index contributed by atoms with van der Waals surface area (Å²) in [5.74, 6) is 0.00514. The van der Waals surface area contributed by atoms with Gasteiger partial charge in [-0.1, -0.05) is 18.0 Å². The first-order valence-corrected chi connectivity index (χ1v) is 8.98. The van der Waals surface area contributed by atoms with Crippen LogP contribution >= 0.6 is 11.6 Å². The Morgan fingerprint density at radius 1 is 1.21 bits per heavy atom. The number of ketones is 1. The van der Waals surface area contributed by atoms with E-state index in [2.05, 4.69) is 10.2 Å². The predicted molar refractivity (Wildman–Crippen MR) is 95.1 cm³/mol. The number of Topliss-reactive ketones (excluding diaryl/α,β-unsaturated/α-hetero) is 1. The number of halogens is 1. The normalized spacial score (nSPS) is 24.5. The van der Waals surface area contributed by atoms with E-state index >= 15 is 0 Å². The summed E-state index contributed by atoms with van der Waals surface area (Å²) in [4.78, 5) is 26.5. The molecule has 1 amide bonds. The van der Waals surface area contributed by atoms with Crippen LogP contribution in [0.25, 0.3) is 0 Å². The van der Waals surface area contributed by atoms with Crippen molar-refractivity contribution in [1.29, 1.82) is 0 Å². The van der Waals surface area contributed by atoms with E-state index in [-0.39, 0.29) is 11.9 Å². The molecule has 3 N–H and O–H groups in total. The number of hydrogen-bond acceptors (Lipinski definition) is 4. The summed E-state index contributed by atoms with van der Waals surface area (Å²) in [6.07, 6.45) is 4.95. The molecule has 1 aliphatic carbocycles. The zero-order valence-electron chi connectivity index (χ0n) is 13.8. The van der Waals surface area contributed by atoms with Crippen molar-refractivity contribution in [3.8, 4) is 0 Å². The van der Waals surface area contributed by atoms with E-state index in [9.17, 15) is 9.59 Å². The highest BCUT2D eigenvalue weighted by molar-refractivity contribution is 6.30. The van der Waals surface area contributed by atoms with E-state index in [1.165, 1.54) is 0 Å². The van der Waals surface area contributed by atoms with Crippen LogP contribution in [0, 0.1) is 0 Å². The molecule has 24 heavy (non-hydrogen) atoms. The number of primary amides is 1. The van der Waals surface area contributed by atoms with Gasteiger partial charge in [-0.25, -0.2) is 0 Å². The molecule has 5 nitrogen and oxygen atoms in total. The number of carbonyl (C=O) groups is 2. The van der Waals surface area contributed by atoms with Gasteiger partial charge in [0, 0.05) is 30.2 Å². The van der Waals surface area contributed by atoms with Crippen LogP contribution in [0.15, 0.2) is 24.3 Å². The second kappa shape index (κ2) is 7.11. The Morgan fingerprint density at radius 2 is 1.88 bits per heavy atom. The first-order chi connectivity index (χ1) is 11.5. The largest absolute Gasteiger partial charge is 0.371 e. The molecule has 1 unspecified atom stereocenters. The molecular formula is C18H24ClN3O2. The molecule has 0 bridgehead atoms. The van der Waals surface area contributed by atoms with Crippen molar-refractivity contribution in [1.82, 2.24) is 4.90 Å². The minimum atomic E-state index is -0.762.